The lowest BCUT2D eigenvalue weighted by molar-refractivity contribution is -0.111. The Bertz CT molecular complexity index is 1200. The number of thiophene rings is 1. The Morgan fingerprint density at radius 3 is 3.09 bits per heavy atom. The van der Waals surface area contributed by atoms with Crippen LogP contribution in [0.5, 0.6) is 0 Å². The van der Waals surface area contributed by atoms with Gasteiger partial charge in [-0.2, -0.15) is 10.4 Å². The van der Waals surface area contributed by atoms with Gasteiger partial charge in [0.25, 0.3) is 0 Å². The number of ether oxygens (including phenoxy) is 1. The number of carbonyl (C=O) groups is 2. The highest BCUT2D eigenvalue weighted by molar-refractivity contribution is 7.16. The molecule has 3 aromatic heterocycles. The number of alkyl carbamates (subject to hydrolysis) is 1. The molecule has 3 aromatic rings. The van der Waals surface area contributed by atoms with E-state index in [1.807, 2.05) is 13.2 Å². The third-order valence-electron chi connectivity index (χ3n) is 5.33. The first kappa shape index (κ1) is 22.4. The number of carbonyl (C=O) groups excluding carboxylic acids is 2. The number of nitrogens with one attached hydrogen (secondary N) is 2. The van der Waals surface area contributed by atoms with E-state index in [2.05, 4.69) is 21.8 Å². The normalized spacial score (nSPS) is 15.1. The quantitative estimate of drug-likeness (QED) is 0.514. The standard InChI is InChI=1S/C23H23N5O4S/c1-28-12-17(11-26-28)10-25-23(30)32-14-16-2-4-18-19(9-24)22(33-20(18)8-16)27-21(29)5-3-15-6-7-31-13-15/h3,5-7,11-13,16H,2,4,8,10,14H2,1H3,(H,25,30)(H,27,29). The largest absolute Gasteiger partial charge is 0.472 e. The average Bonchev–Trinajstić information content (AvgIpc) is 3.54. The van der Waals surface area contributed by atoms with Gasteiger partial charge in [-0.3, -0.25) is 9.48 Å². The van der Waals surface area contributed by atoms with E-state index >= 15 is 0 Å². The van der Waals surface area contributed by atoms with Crippen molar-refractivity contribution in [3.05, 3.63) is 64.2 Å². The van der Waals surface area contributed by atoms with Crippen LogP contribution in [-0.2, 0) is 36.0 Å². The van der Waals surface area contributed by atoms with Crippen molar-refractivity contribution in [2.75, 3.05) is 11.9 Å². The zero-order valence-electron chi connectivity index (χ0n) is 18.0. The molecule has 0 radical (unpaired) electrons. The second-order valence-corrected chi connectivity index (χ2v) is 8.89. The van der Waals surface area contributed by atoms with Gasteiger partial charge in [0.15, 0.2) is 0 Å². The molecule has 3 heterocycles. The van der Waals surface area contributed by atoms with Crippen LogP contribution in [0, 0.1) is 17.2 Å². The average molecular weight is 466 g/mol. The number of aryl methyl sites for hydroxylation is 1. The Hall–Kier alpha value is -3.84. The molecule has 4 rings (SSSR count). The van der Waals surface area contributed by atoms with Gasteiger partial charge in [0, 0.05) is 41.9 Å². The van der Waals surface area contributed by atoms with Crippen LogP contribution < -0.4 is 10.6 Å². The molecule has 170 valence electrons. The fourth-order valence-corrected chi connectivity index (χ4v) is 5.00. The van der Waals surface area contributed by atoms with Gasteiger partial charge in [-0.25, -0.2) is 4.79 Å². The lowest BCUT2D eigenvalue weighted by atomic mass is 9.88. The summed E-state index contributed by atoms with van der Waals surface area (Å²) in [5.74, 6) is -0.146. The molecule has 9 nitrogen and oxygen atoms in total. The van der Waals surface area contributed by atoms with Crippen LogP contribution in [0.1, 0.15) is 33.6 Å². The molecule has 0 saturated carbocycles. The SMILES string of the molecule is Cn1cc(CNC(=O)OCC2CCc3c(sc(NC(=O)C=Cc4ccoc4)c3C#N)C2)cn1. The molecular formula is C23H23N5O4S. The molecule has 1 aliphatic rings. The first-order chi connectivity index (χ1) is 16.0. The summed E-state index contributed by atoms with van der Waals surface area (Å²) in [7, 11) is 1.82. The monoisotopic (exact) mass is 465 g/mol. The van der Waals surface area contributed by atoms with E-state index in [-0.39, 0.29) is 11.8 Å². The molecule has 0 aliphatic heterocycles. The summed E-state index contributed by atoms with van der Waals surface area (Å²) in [6, 6.07) is 3.98. The molecule has 1 atom stereocenters. The minimum absolute atomic E-state index is 0.163. The Morgan fingerprint density at radius 2 is 2.36 bits per heavy atom. The van der Waals surface area contributed by atoms with Gasteiger partial charge in [-0.1, -0.05) is 0 Å². The van der Waals surface area contributed by atoms with Gasteiger partial charge in [0.2, 0.25) is 5.91 Å². The first-order valence-electron chi connectivity index (χ1n) is 10.5. The van der Waals surface area contributed by atoms with Gasteiger partial charge in [0.1, 0.15) is 11.1 Å². The van der Waals surface area contributed by atoms with Crippen molar-refractivity contribution in [3.8, 4) is 6.07 Å². The number of furan rings is 1. The predicted molar refractivity (Wildman–Crippen MR) is 122 cm³/mol. The van der Waals surface area contributed by atoms with E-state index in [4.69, 9.17) is 9.15 Å². The zero-order valence-corrected chi connectivity index (χ0v) is 18.9. The second-order valence-electron chi connectivity index (χ2n) is 7.78. The minimum atomic E-state index is -0.467. The van der Waals surface area contributed by atoms with Crippen LogP contribution in [0.3, 0.4) is 0 Å². The molecule has 2 amide bonds. The van der Waals surface area contributed by atoms with Crippen molar-refractivity contribution in [3.63, 3.8) is 0 Å². The molecule has 10 heteroatoms. The van der Waals surface area contributed by atoms with E-state index in [0.29, 0.717) is 36.6 Å². The summed E-state index contributed by atoms with van der Waals surface area (Å²) in [5.41, 5.74) is 3.18. The Balaban J connectivity index is 1.31. The first-order valence-corrected chi connectivity index (χ1v) is 11.3. The Kier molecular flexibility index (Phi) is 6.90. The van der Waals surface area contributed by atoms with E-state index in [9.17, 15) is 14.9 Å². The van der Waals surface area contributed by atoms with Crippen molar-refractivity contribution >= 4 is 34.4 Å². The maximum atomic E-state index is 12.3. The van der Waals surface area contributed by atoms with E-state index in [1.165, 1.54) is 29.9 Å². The van der Waals surface area contributed by atoms with Crippen LogP contribution in [0.4, 0.5) is 9.80 Å². The van der Waals surface area contributed by atoms with Crippen molar-refractivity contribution < 1.29 is 18.7 Å². The number of nitrogens with zero attached hydrogens (tertiary/aromatic N) is 3. The predicted octanol–water partition coefficient (Wildman–Crippen LogP) is 3.63. The molecule has 1 unspecified atom stereocenters. The molecule has 1 aliphatic carbocycles. The fraction of sp³-hybridized carbons (Fsp3) is 0.304. The summed E-state index contributed by atoms with van der Waals surface area (Å²) < 4.78 is 12.0. The van der Waals surface area contributed by atoms with Gasteiger partial charge >= 0.3 is 6.09 Å². The number of fused-ring (bicyclic) bond motifs is 1. The number of amides is 2. The Labute approximate surface area is 194 Å². The minimum Gasteiger partial charge on any atom is -0.472 e. The number of hydrogen-bond acceptors (Lipinski definition) is 7. The topological polar surface area (TPSA) is 122 Å². The Morgan fingerprint density at radius 1 is 1.48 bits per heavy atom. The summed E-state index contributed by atoms with van der Waals surface area (Å²) in [4.78, 5) is 25.4. The van der Waals surface area contributed by atoms with Gasteiger partial charge in [-0.05, 0) is 42.9 Å². The van der Waals surface area contributed by atoms with Crippen LogP contribution in [0.25, 0.3) is 6.08 Å². The van der Waals surface area contributed by atoms with Crippen molar-refractivity contribution in [1.82, 2.24) is 15.1 Å². The smallest absolute Gasteiger partial charge is 0.407 e. The maximum Gasteiger partial charge on any atom is 0.407 e. The number of hydrogen-bond donors (Lipinski definition) is 2. The molecule has 2 N–H and O–H groups in total. The third kappa shape index (κ3) is 5.70. The molecule has 0 aromatic carbocycles. The van der Waals surface area contributed by atoms with Crippen molar-refractivity contribution in [2.24, 2.45) is 13.0 Å². The van der Waals surface area contributed by atoms with Crippen molar-refractivity contribution in [2.45, 2.75) is 25.8 Å². The highest BCUT2D eigenvalue weighted by Gasteiger charge is 2.27. The summed E-state index contributed by atoms with van der Waals surface area (Å²) >= 11 is 1.41. The van der Waals surface area contributed by atoms with E-state index < -0.39 is 6.09 Å². The fourth-order valence-electron chi connectivity index (χ4n) is 3.68. The lowest BCUT2D eigenvalue weighted by Crippen LogP contribution is -2.27. The molecule has 0 saturated heterocycles. The lowest BCUT2D eigenvalue weighted by Gasteiger charge is -2.21. The second kappa shape index (κ2) is 10.2. The molecular weight excluding hydrogens is 442 g/mol. The highest BCUT2D eigenvalue weighted by Crippen LogP contribution is 2.39. The molecule has 33 heavy (non-hydrogen) atoms. The molecule has 0 bridgehead atoms. The van der Waals surface area contributed by atoms with E-state index in [0.717, 1.165) is 28.0 Å². The highest BCUT2D eigenvalue weighted by atomic mass is 32.1. The number of rotatable bonds is 7. The van der Waals surface area contributed by atoms with Crippen LogP contribution in [0.15, 0.2) is 41.5 Å². The summed E-state index contributed by atoms with van der Waals surface area (Å²) in [6.45, 7) is 0.656. The van der Waals surface area contributed by atoms with Crippen LogP contribution in [0.2, 0.25) is 0 Å². The van der Waals surface area contributed by atoms with Crippen LogP contribution in [-0.4, -0.2) is 28.4 Å². The summed E-state index contributed by atoms with van der Waals surface area (Å²) in [5, 5.41) is 19.8. The third-order valence-corrected chi connectivity index (χ3v) is 6.50. The van der Waals surface area contributed by atoms with Crippen LogP contribution >= 0.6 is 11.3 Å². The summed E-state index contributed by atoms with van der Waals surface area (Å²) in [6.07, 6.45) is 11.4. The number of aromatic nitrogens is 2. The maximum absolute atomic E-state index is 12.3. The van der Waals surface area contributed by atoms with Gasteiger partial charge in [-0.15, -0.1) is 11.3 Å². The molecule has 0 fully saturated rings. The number of anilines is 1. The zero-order chi connectivity index (χ0) is 23.2. The van der Waals surface area contributed by atoms with Crippen molar-refractivity contribution in [1.29, 1.82) is 5.26 Å². The van der Waals surface area contributed by atoms with E-state index in [1.54, 1.807) is 23.0 Å². The van der Waals surface area contributed by atoms with Gasteiger partial charge < -0.3 is 19.8 Å². The molecule has 0 spiro atoms. The van der Waals surface area contributed by atoms with Gasteiger partial charge in [0.05, 0.1) is 30.9 Å². The number of nitriles is 1.